The smallest absolute Gasteiger partial charge is 0.119 e. The lowest BCUT2D eigenvalue weighted by Crippen LogP contribution is -2.16. The summed E-state index contributed by atoms with van der Waals surface area (Å²) in [6.07, 6.45) is 3.81. The van der Waals surface area contributed by atoms with Crippen molar-refractivity contribution in [3.05, 3.63) is 36.0 Å². The Balaban J connectivity index is 2.53. The molecule has 0 saturated carbocycles. The summed E-state index contributed by atoms with van der Waals surface area (Å²) in [6.45, 7) is 0. The number of methoxy groups -OCH3 is 1. The van der Waals surface area contributed by atoms with Crippen molar-refractivity contribution in [1.29, 1.82) is 5.26 Å². The molecule has 3 nitrogen and oxygen atoms in total. The number of hydrogen-bond acceptors (Lipinski definition) is 3. The van der Waals surface area contributed by atoms with Gasteiger partial charge in [0.25, 0.3) is 0 Å². The lowest BCUT2D eigenvalue weighted by Gasteiger charge is -2.25. The van der Waals surface area contributed by atoms with Crippen LogP contribution in [0.4, 0.5) is 5.69 Å². The van der Waals surface area contributed by atoms with E-state index in [2.05, 4.69) is 6.07 Å². The van der Waals surface area contributed by atoms with Gasteiger partial charge in [0.05, 0.1) is 19.1 Å². The van der Waals surface area contributed by atoms with Crippen LogP contribution < -0.4 is 9.64 Å². The van der Waals surface area contributed by atoms with Crippen molar-refractivity contribution in [2.24, 2.45) is 0 Å². The largest absolute Gasteiger partial charge is 0.497 e. The van der Waals surface area contributed by atoms with E-state index in [1.54, 1.807) is 7.11 Å². The molecule has 0 aliphatic carbocycles. The molecule has 0 bridgehead atoms. The first-order chi connectivity index (χ1) is 7.26. The number of fused-ring (bicyclic) bond motifs is 1. The van der Waals surface area contributed by atoms with Gasteiger partial charge in [0.2, 0.25) is 0 Å². The zero-order chi connectivity index (χ0) is 10.8. The molecule has 0 N–H and O–H groups in total. The molecule has 0 fully saturated rings. The highest BCUT2D eigenvalue weighted by Crippen LogP contribution is 2.34. The van der Waals surface area contributed by atoms with Gasteiger partial charge in [-0.15, -0.1) is 0 Å². The predicted octanol–water partition coefficient (Wildman–Crippen LogP) is 2.27. The molecule has 1 unspecified atom stereocenters. The van der Waals surface area contributed by atoms with Gasteiger partial charge in [-0.1, -0.05) is 0 Å². The van der Waals surface area contributed by atoms with Crippen molar-refractivity contribution in [2.45, 2.75) is 5.92 Å². The van der Waals surface area contributed by atoms with Crippen LogP contribution in [0.3, 0.4) is 0 Å². The molecule has 15 heavy (non-hydrogen) atoms. The van der Waals surface area contributed by atoms with Crippen LogP contribution in [-0.4, -0.2) is 14.2 Å². The number of anilines is 1. The average molecular weight is 200 g/mol. The van der Waals surface area contributed by atoms with Crippen LogP contribution in [0.5, 0.6) is 5.75 Å². The minimum absolute atomic E-state index is 0.175. The van der Waals surface area contributed by atoms with Gasteiger partial charge in [-0.25, -0.2) is 0 Å². The fourth-order valence-corrected chi connectivity index (χ4v) is 1.74. The fraction of sp³-hybridized carbons (Fsp3) is 0.250. The Hall–Kier alpha value is -1.95. The summed E-state index contributed by atoms with van der Waals surface area (Å²) in [7, 11) is 3.60. The van der Waals surface area contributed by atoms with Crippen LogP contribution in [0.25, 0.3) is 0 Å². The molecule has 3 heteroatoms. The molecule has 1 aliphatic heterocycles. The first-order valence-electron chi connectivity index (χ1n) is 4.75. The van der Waals surface area contributed by atoms with Gasteiger partial charge >= 0.3 is 0 Å². The molecule has 0 amide bonds. The number of nitriles is 1. The topological polar surface area (TPSA) is 36.3 Å². The molecule has 76 valence electrons. The zero-order valence-electron chi connectivity index (χ0n) is 8.77. The second-order valence-electron chi connectivity index (χ2n) is 3.48. The van der Waals surface area contributed by atoms with Crippen LogP contribution >= 0.6 is 0 Å². The van der Waals surface area contributed by atoms with E-state index in [0.29, 0.717) is 0 Å². The summed E-state index contributed by atoms with van der Waals surface area (Å²) >= 11 is 0. The van der Waals surface area contributed by atoms with Crippen LogP contribution in [-0.2, 0) is 0 Å². The Morgan fingerprint density at radius 2 is 2.27 bits per heavy atom. The second-order valence-corrected chi connectivity index (χ2v) is 3.48. The summed E-state index contributed by atoms with van der Waals surface area (Å²) in [5, 5.41) is 9.03. The van der Waals surface area contributed by atoms with Crippen molar-refractivity contribution in [3.8, 4) is 11.8 Å². The summed E-state index contributed by atoms with van der Waals surface area (Å²) < 4.78 is 5.16. The van der Waals surface area contributed by atoms with Gasteiger partial charge in [0, 0.05) is 24.5 Å². The van der Waals surface area contributed by atoms with E-state index in [1.165, 1.54) is 0 Å². The highest BCUT2D eigenvalue weighted by Gasteiger charge is 2.19. The van der Waals surface area contributed by atoms with Gasteiger partial charge in [-0.2, -0.15) is 5.26 Å². The maximum Gasteiger partial charge on any atom is 0.119 e. The number of ether oxygens (including phenoxy) is 1. The lowest BCUT2D eigenvalue weighted by atomic mass is 9.95. The summed E-state index contributed by atoms with van der Waals surface area (Å²) in [5.41, 5.74) is 2.06. The highest BCUT2D eigenvalue weighted by atomic mass is 16.5. The number of hydrogen-bond donors (Lipinski definition) is 0. The molecule has 2 rings (SSSR count). The number of rotatable bonds is 1. The molecule has 0 saturated heterocycles. The van der Waals surface area contributed by atoms with E-state index in [4.69, 9.17) is 10.00 Å². The van der Waals surface area contributed by atoms with Crippen LogP contribution in [0, 0.1) is 11.3 Å². The van der Waals surface area contributed by atoms with Crippen LogP contribution in [0.1, 0.15) is 11.5 Å². The first kappa shape index (κ1) is 9.60. The quantitative estimate of drug-likeness (QED) is 0.697. The van der Waals surface area contributed by atoms with Crippen molar-refractivity contribution in [2.75, 3.05) is 19.1 Å². The molecule has 0 spiro atoms. The van der Waals surface area contributed by atoms with Gasteiger partial charge < -0.3 is 9.64 Å². The molecule has 1 aromatic rings. The van der Waals surface area contributed by atoms with E-state index in [9.17, 15) is 0 Å². The van der Waals surface area contributed by atoms with Crippen molar-refractivity contribution in [3.63, 3.8) is 0 Å². The average Bonchev–Trinajstić information content (AvgIpc) is 2.29. The Morgan fingerprint density at radius 3 is 2.93 bits per heavy atom. The maximum atomic E-state index is 9.03. The SMILES string of the molecule is COc1ccc2c(c1)C(C#N)C=CN2C. The third-order valence-electron chi connectivity index (χ3n) is 2.59. The summed E-state index contributed by atoms with van der Waals surface area (Å²) in [5.74, 6) is 0.615. The lowest BCUT2D eigenvalue weighted by molar-refractivity contribution is 0.414. The first-order valence-corrected chi connectivity index (χ1v) is 4.75. The molecular weight excluding hydrogens is 188 g/mol. The van der Waals surface area contributed by atoms with Crippen LogP contribution in [0.2, 0.25) is 0 Å². The van der Waals surface area contributed by atoms with E-state index >= 15 is 0 Å². The third-order valence-corrected chi connectivity index (χ3v) is 2.59. The Morgan fingerprint density at radius 1 is 1.47 bits per heavy atom. The molecule has 1 aromatic carbocycles. The second kappa shape index (κ2) is 3.66. The number of allylic oxidation sites excluding steroid dienone is 1. The Kier molecular flexibility index (Phi) is 2.34. The maximum absolute atomic E-state index is 9.03. The standard InChI is InChI=1S/C12H12N2O/c1-14-6-5-9(8-13)11-7-10(15-2)3-4-12(11)14/h3-7,9H,1-2H3. The van der Waals surface area contributed by atoms with Crippen LogP contribution in [0.15, 0.2) is 30.5 Å². The third kappa shape index (κ3) is 1.55. The fourth-order valence-electron chi connectivity index (χ4n) is 1.74. The number of nitrogens with zero attached hydrogens (tertiary/aromatic N) is 2. The molecular formula is C12H12N2O. The molecule has 1 aliphatic rings. The summed E-state index contributed by atoms with van der Waals surface area (Å²) in [6, 6.07) is 8.06. The predicted molar refractivity (Wildman–Crippen MR) is 58.9 cm³/mol. The molecule has 0 aromatic heterocycles. The van der Waals surface area contributed by atoms with E-state index in [0.717, 1.165) is 17.0 Å². The monoisotopic (exact) mass is 200 g/mol. The van der Waals surface area contributed by atoms with Crippen molar-refractivity contribution >= 4 is 5.69 Å². The Labute approximate surface area is 89.2 Å². The van der Waals surface area contributed by atoms with Gasteiger partial charge in [0.15, 0.2) is 0 Å². The zero-order valence-corrected chi connectivity index (χ0v) is 8.77. The van der Waals surface area contributed by atoms with Gasteiger partial charge in [-0.05, 0) is 24.3 Å². The van der Waals surface area contributed by atoms with Crippen molar-refractivity contribution in [1.82, 2.24) is 0 Å². The van der Waals surface area contributed by atoms with Gasteiger partial charge in [0.1, 0.15) is 5.75 Å². The minimum Gasteiger partial charge on any atom is -0.497 e. The van der Waals surface area contributed by atoms with E-state index < -0.39 is 0 Å². The normalized spacial score (nSPS) is 18.2. The minimum atomic E-state index is -0.175. The molecule has 0 radical (unpaired) electrons. The summed E-state index contributed by atoms with van der Waals surface area (Å²) in [4.78, 5) is 2.00. The Bertz CT molecular complexity index is 445. The van der Waals surface area contributed by atoms with Gasteiger partial charge in [-0.3, -0.25) is 0 Å². The molecule has 1 atom stereocenters. The van der Waals surface area contributed by atoms with Crippen molar-refractivity contribution < 1.29 is 4.74 Å². The number of benzene rings is 1. The van der Waals surface area contributed by atoms with E-state index in [1.807, 2.05) is 42.4 Å². The van der Waals surface area contributed by atoms with E-state index in [-0.39, 0.29) is 5.92 Å². The molecule has 1 heterocycles. The highest BCUT2D eigenvalue weighted by molar-refractivity contribution is 5.63.